The Balaban J connectivity index is 1.92. The van der Waals surface area contributed by atoms with Crippen molar-refractivity contribution in [3.63, 3.8) is 0 Å². The highest BCUT2D eigenvalue weighted by Crippen LogP contribution is 2.36. The molecule has 1 aromatic heterocycles. The standard InChI is InChI=1S/C25H19ClO5/c1-14-12-15(2)22-19(13-14)21(27)24(23(30-22)18-6-4-5-7-20(18)26)31-25(28)16-8-10-17(29-3)11-9-16/h4-13H,1-3H3. The first-order chi connectivity index (χ1) is 14.9. The summed E-state index contributed by atoms with van der Waals surface area (Å²) in [5.74, 6) is -0.181. The molecule has 0 aliphatic heterocycles. The van der Waals surface area contributed by atoms with Crippen molar-refractivity contribution in [2.75, 3.05) is 7.11 Å². The zero-order valence-electron chi connectivity index (χ0n) is 17.2. The van der Waals surface area contributed by atoms with Crippen LogP contribution in [0.15, 0.2) is 69.9 Å². The van der Waals surface area contributed by atoms with E-state index >= 15 is 0 Å². The second kappa shape index (κ2) is 8.28. The number of esters is 1. The Hall–Kier alpha value is -3.57. The van der Waals surface area contributed by atoms with Gasteiger partial charge < -0.3 is 13.9 Å². The number of rotatable bonds is 4. The van der Waals surface area contributed by atoms with Gasteiger partial charge in [-0.25, -0.2) is 4.79 Å². The minimum absolute atomic E-state index is 0.108. The summed E-state index contributed by atoms with van der Waals surface area (Å²) in [4.78, 5) is 26.2. The Bertz CT molecular complexity index is 1350. The van der Waals surface area contributed by atoms with Crippen molar-refractivity contribution in [1.82, 2.24) is 0 Å². The number of aryl methyl sites for hydroxylation is 2. The van der Waals surface area contributed by atoms with Crippen LogP contribution in [0.1, 0.15) is 21.5 Å². The molecule has 0 unspecified atom stereocenters. The average Bonchev–Trinajstić information content (AvgIpc) is 2.76. The van der Waals surface area contributed by atoms with Gasteiger partial charge in [0.15, 0.2) is 5.76 Å². The molecule has 1 heterocycles. The van der Waals surface area contributed by atoms with Crippen molar-refractivity contribution in [2.45, 2.75) is 13.8 Å². The van der Waals surface area contributed by atoms with Gasteiger partial charge in [-0.1, -0.05) is 29.8 Å². The van der Waals surface area contributed by atoms with Crippen LogP contribution < -0.4 is 14.9 Å². The van der Waals surface area contributed by atoms with Crippen molar-refractivity contribution >= 4 is 28.5 Å². The Morgan fingerprint density at radius 3 is 2.39 bits per heavy atom. The van der Waals surface area contributed by atoms with E-state index in [0.29, 0.717) is 27.3 Å². The average molecular weight is 435 g/mol. The quantitative estimate of drug-likeness (QED) is 0.371. The molecule has 0 aliphatic rings. The lowest BCUT2D eigenvalue weighted by Gasteiger charge is -2.13. The zero-order valence-corrected chi connectivity index (χ0v) is 17.9. The van der Waals surface area contributed by atoms with E-state index in [4.69, 9.17) is 25.5 Å². The molecule has 0 fully saturated rings. The van der Waals surface area contributed by atoms with Gasteiger partial charge in [-0.15, -0.1) is 0 Å². The Labute approximate surface area is 183 Å². The Kier molecular flexibility index (Phi) is 5.53. The first-order valence-electron chi connectivity index (χ1n) is 9.58. The van der Waals surface area contributed by atoms with Crippen LogP contribution in [0.5, 0.6) is 11.5 Å². The largest absolute Gasteiger partial charge is 0.497 e. The summed E-state index contributed by atoms with van der Waals surface area (Å²) >= 11 is 6.37. The predicted octanol–water partition coefficient (Wildman–Crippen LogP) is 5.96. The minimum atomic E-state index is -0.688. The summed E-state index contributed by atoms with van der Waals surface area (Å²) in [6.45, 7) is 3.74. The SMILES string of the molecule is COc1ccc(C(=O)Oc2c(-c3ccccc3Cl)oc3c(C)cc(C)cc3c2=O)cc1. The maximum Gasteiger partial charge on any atom is 0.343 e. The third-order valence-corrected chi connectivity index (χ3v) is 5.25. The number of halogens is 1. The summed E-state index contributed by atoms with van der Waals surface area (Å²) < 4.78 is 16.8. The van der Waals surface area contributed by atoms with Gasteiger partial charge in [0.05, 0.1) is 23.1 Å². The maximum atomic E-state index is 13.4. The summed E-state index contributed by atoms with van der Waals surface area (Å²) in [5, 5.41) is 0.711. The lowest BCUT2D eigenvalue weighted by Crippen LogP contribution is -2.16. The molecule has 5 nitrogen and oxygen atoms in total. The topological polar surface area (TPSA) is 65.7 Å². The van der Waals surface area contributed by atoms with E-state index in [-0.39, 0.29) is 17.1 Å². The van der Waals surface area contributed by atoms with Gasteiger partial charge in [0.25, 0.3) is 0 Å². The molecule has 0 spiro atoms. The first-order valence-corrected chi connectivity index (χ1v) is 9.96. The number of methoxy groups -OCH3 is 1. The van der Waals surface area contributed by atoms with Gasteiger partial charge in [-0.3, -0.25) is 4.79 Å². The van der Waals surface area contributed by atoms with Crippen LogP contribution in [-0.2, 0) is 0 Å². The highest BCUT2D eigenvalue weighted by molar-refractivity contribution is 6.33. The van der Waals surface area contributed by atoms with Gasteiger partial charge >= 0.3 is 5.97 Å². The van der Waals surface area contributed by atoms with Crippen molar-refractivity contribution in [3.05, 3.63) is 92.6 Å². The van der Waals surface area contributed by atoms with E-state index < -0.39 is 11.4 Å². The second-order valence-electron chi connectivity index (χ2n) is 7.15. The zero-order chi connectivity index (χ0) is 22.1. The number of ether oxygens (including phenoxy) is 2. The fraction of sp³-hybridized carbons (Fsp3) is 0.120. The normalized spacial score (nSPS) is 10.8. The molecule has 4 rings (SSSR count). The van der Waals surface area contributed by atoms with E-state index in [1.807, 2.05) is 19.9 Å². The molecule has 156 valence electrons. The molecule has 0 atom stereocenters. The van der Waals surface area contributed by atoms with Crippen molar-refractivity contribution in [3.8, 4) is 22.8 Å². The van der Waals surface area contributed by atoms with E-state index in [0.717, 1.165) is 11.1 Å². The third kappa shape index (κ3) is 3.92. The highest BCUT2D eigenvalue weighted by Gasteiger charge is 2.23. The number of benzene rings is 3. The summed E-state index contributed by atoms with van der Waals surface area (Å²) in [6, 6.07) is 17.0. The molecular formula is C25H19ClO5. The molecule has 0 amide bonds. The second-order valence-corrected chi connectivity index (χ2v) is 7.55. The molecule has 6 heteroatoms. The summed E-state index contributed by atoms with van der Waals surface area (Å²) in [5.41, 5.74) is 2.41. The first kappa shape index (κ1) is 20.7. The molecule has 4 aromatic rings. The number of hydrogen-bond acceptors (Lipinski definition) is 5. The molecule has 0 radical (unpaired) electrons. The van der Waals surface area contributed by atoms with Crippen molar-refractivity contribution in [1.29, 1.82) is 0 Å². The van der Waals surface area contributed by atoms with Gasteiger partial charge in [-0.2, -0.15) is 0 Å². The molecule has 31 heavy (non-hydrogen) atoms. The summed E-state index contributed by atoms with van der Waals surface area (Å²) in [6.07, 6.45) is 0. The molecule has 0 bridgehead atoms. The van der Waals surface area contributed by atoms with Crippen LogP contribution >= 0.6 is 11.6 Å². The number of hydrogen-bond donors (Lipinski definition) is 0. The maximum absolute atomic E-state index is 13.4. The fourth-order valence-electron chi connectivity index (χ4n) is 3.43. The summed E-state index contributed by atoms with van der Waals surface area (Å²) in [7, 11) is 1.54. The molecule has 0 saturated carbocycles. The molecular weight excluding hydrogens is 416 g/mol. The van der Waals surface area contributed by atoms with Crippen LogP contribution in [0, 0.1) is 13.8 Å². The van der Waals surface area contributed by atoms with Crippen molar-refractivity contribution in [2.24, 2.45) is 0 Å². The van der Waals surface area contributed by atoms with Gasteiger partial charge in [0.2, 0.25) is 11.2 Å². The predicted molar refractivity (Wildman–Crippen MR) is 120 cm³/mol. The van der Waals surface area contributed by atoms with Gasteiger partial charge in [0.1, 0.15) is 11.3 Å². The van der Waals surface area contributed by atoms with E-state index in [1.165, 1.54) is 7.11 Å². The minimum Gasteiger partial charge on any atom is -0.497 e. The molecule has 0 aliphatic carbocycles. The van der Waals surface area contributed by atoms with Crippen LogP contribution in [0.2, 0.25) is 5.02 Å². The Morgan fingerprint density at radius 2 is 1.71 bits per heavy atom. The number of carbonyl (C=O) groups excluding carboxylic acids is 1. The highest BCUT2D eigenvalue weighted by atomic mass is 35.5. The Morgan fingerprint density at radius 1 is 1.00 bits per heavy atom. The van der Waals surface area contributed by atoms with Crippen LogP contribution in [0.3, 0.4) is 0 Å². The van der Waals surface area contributed by atoms with Crippen molar-refractivity contribution < 1.29 is 18.7 Å². The van der Waals surface area contributed by atoms with Crippen LogP contribution in [0.25, 0.3) is 22.3 Å². The lowest BCUT2D eigenvalue weighted by atomic mass is 10.1. The molecule has 3 aromatic carbocycles. The third-order valence-electron chi connectivity index (χ3n) is 4.92. The fourth-order valence-corrected chi connectivity index (χ4v) is 3.65. The van der Waals surface area contributed by atoms with E-state index in [9.17, 15) is 9.59 Å². The number of carbonyl (C=O) groups is 1. The van der Waals surface area contributed by atoms with Gasteiger partial charge in [-0.05, 0) is 67.4 Å². The van der Waals surface area contributed by atoms with E-state index in [1.54, 1.807) is 54.6 Å². The van der Waals surface area contributed by atoms with Crippen LogP contribution in [-0.4, -0.2) is 13.1 Å². The van der Waals surface area contributed by atoms with Crippen LogP contribution in [0.4, 0.5) is 0 Å². The van der Waals surface area contributed by atoms with Gasteiger partial charge in [0, 0.05) is 5.56 Å². The molecule has 0 saturated heterocycles. The number of fused-ring (bicyclic) bond motifs is 1. The smallest absolute Gasteiger partial charge is 0.343 e. The monoisotopic (exact) mass is 434 g/mol. The lowest BCUT2D eigenvalue weighted by molar-refractivity contribution is 0.0731. The van der Waals surface area contributed by atoms with E-state index in [2.05, 4.69) is 0 Å². The molecule has 0 N–H and O–H groups in total.